The minimum absolute atomic E-state index is 0.122. The van der Waals surface area contributed by atoms with Crippen LogP contribution >= 0.6 is 0 Å². The van der Waals surface area contributed by atoms with Crippen LogP contribution < -0.4 is 0 Å². The molecule has 0 aliphatic heterocycles. The fraction of sp³-hybridized carbons (Fsp3) is 1.00. The monoisotopic (exact) mass is 134 g/mol. The summed E-state index contributed by atoms with van der Waals surface area (Å²) in [6.45, 7) is 4.31. The molecular formula is C6H14O3. The lowest BCUT2D eigenvalue weighted by atomic mass is 9.96. The molecule has 0 rings (SSSR count). The summed E-state index contributed by atoms with van der Waals surface area (Å²) < 4.78 is 0. The van der Waals surface area contributed by atoms with Crippen LogP contribution in [0.1, 0.15) is 27.2 Å². The molecule has 0 fully saturated rings. The van der Waals surface area contributed by atoms with Crippen molar-refractivity contribution in [3.05, 3.63) is 0 Å². The van der Waals surface area contributed by atoms with E-state index in [1.54, 1.807) is 6.92 Å². The van der Waals surface area contributed by atoms with Crippen molar-refractivity contribution in [2.24, 2.45) is 0 Å². The van der Waals surface area contributed by atoms with Crippen molar-refractivity contribution in [3.63, 3.8) is 0 Å². The molecule has 0 bridgehead atoms. The summed E-state index contributed by atoms with van der Waals surface area (Å²) in [5.41, 5.74) is -1.44. The topological polar surface area (TPSA) is 60.7 Å². The second-order valence-corrected chi connectivity index (χ2v) is 2.73. The third kappa shape index (κ3) is 1.93. The van der Waals surface area contributed by atoms with Crippen LogP contribution in [0, 0.1) is 0 Å². The van der Waals surface area contributed by atoms with E-state index in [9.17, 15) is 0 Å². The number of hydrogen-bond acceptors (Lipinski definition) is 3. The van der Waals surface area contributed by atoms with Crippen LogP contribution in [0.5, 0.6) is 0 Å². The average Bonchev–Trinajstić information content (AvgIpc) is 1.64. The number of aliphatic hydroxyl groups is 3. The molecule has 3 nitrogen and oxygen atoms in total. The van der Waals surface area contributed by atoms with Crippen molar-refractivity contribution < 1.29 is 15.3 Å². The summed E-state index contributed by atoms with van der Waals surface area (Å²) in [5.74, 6) is -1.97. The van der Waals surface area contributed by atoms with Gasteiger partial charge in [-0.3, -0.25) is 0 Å². The molecule has 0 aliphatic rings. The molecule has 0 unspecified atom stereocenters. The maximum absolute atomic E-state index is 9.05. The Morgan fingerprint density at radius 2 is 1.44 bits per heavy atom. The molecule has 0 saturated carbocycles. The van der Waals surface area contributed by atoms with Crippen LogP contribution in [0.3, 0.4) is 0 Å². The van der Waals surface area contributed by atoms with Crippen molar-refractivity contribution in [1.29, 1.82) is 0 Å². The van der Waals surface area contributed by atoms with Gasteiger partial charge in [0.05, 0.1) is 0 Å². The largest absolute Gasteiger partial charge is 0.385 e. The van der Waals surface area contributed by atoms with Crippen LogP contribution in [0.2, 0.25) is 0 Å². The Morgan fingerprint density at radius 3 is 1.44 bits per heavy atom. The van der Waals surface area contributed by atoms with Crippen molar-refractivity contribution in [3.8, 4) is 0 Å². The van der Waals surface area contributed by atoms with E-state index in [-0.39, 0.29) is 6.42 Å². The second kappa shape index (κ2) is 2.25. The van der Waals surface area contributed by atoms with Crippen LogP contribution in [0.4, 0.5) is 0 Å². The summed E-state index contributed by atoms with van der Waals surface area (Å²) in [6.07, 6.45) is 0.122. The molecule has 0 aromatic rings. The van der Waals surface area contributed by atoms with Gasteiger partial charge in [0.15, 0.2) is 5.79 Å². The molecule has 0 amide bonds. The first-order valence-electron chi connectivity index (χ1n) is 2.98. The van der Waals surface area contributed by atoms with Crippen molar-refractivity contribution in [1.82, 2.24) is 0 Å². The summed E-state index contributed by atoms with van der Waals surface area (Å²) in [7, 11) is 0. The first-order valence-corrected chi connectivity index (χ1v) is 2.98. The highest BCUT2D eigenvalue weighted by atomic mass is 16.5. The zero-order valence-corrected chi connectivity index (χ0v) is 6.05. The van der Waals surface area contributed by atoms with E-state index < -0.39 is 11.4 Å². The van der Waals surface area contributed by atoms with Gasteiger partial charge in [-0.15, -0.1) is 0 Å². The minimum Gasteiger partial charge on any atom is -0.385 e. The molecule has 0 heterocycles. The highest BCUT2D eigenvalue weighted by Gasteiger charge is 2.38. The maximum atomic E-state index is 9.05. The molecule has 0 aromatic carbocycles. The third-order valence-corrected chi connectivity index (χ3v) is 1.47. The van der Waals surface area contributed by atoms with Crippen LogP contribution in [0.15, 0.2) is 0 Å². The van der Waals surface area contributed by atoms with Crippen molar-refractivity contribution >= 4 is 0 Å². The molecule has 0 radical (unpaired) electrons. The molecule has 0 aliphatic carbocycles. The van der Waals surface area contributed by atoms with E-state index in [2.05, 4.69) is 0 Å². The molecule has 0 atom stereocenters. The van der Waals surface area contributed by atoms with Gasteiger partial charge in [0.1, 0.15) is 5.60 Å². The van der Waals surface area contributed by atoms with Crippen molar-refractivity contribution in [2.75, 3.05) is 0 Å². The molecule has 56 valence electrons. The van der Waals surface area contributed by atoms with Gasteiger partial charge in [-0.1, -0.05) is 6.92 Å². The Hall–Kier alpha value is -0.120. The fourth-order valence-electron chi connectivity index (χ4n) is 0.433. The van der Waals surface area contributed by atoms with Crippen LogP contribution in [-0.4, -0.2) is 26.7 Å². The second-order valence-electron chi connectivity index (χ2n) is 2.73. The van der Waals surface area contributed by atoms with Crippen LogP contribution in [-0.2, 0) is 0 Å². The Balaban J connectivity index is 4.14. The molecule has 3 heteroatoms. The summed E-state index contributed by atoms with van der Waals surface area (Å²) in [6, 6.07) is 0. The van der Waals surface area contributed by atoms with Gasteiger partial charge >= 0.3 is 0 Å². The van der Waals surface area contributed by atoms with Gasteiger partial charge in [-0.05, 0) is 13.8 Å². The Kier molecular flexibility index (Phi) is 2.22. The summed E-state index contributed by atoms with van der Waals surface area (Å²) >= 11 is 0. The summed E-state index contributed by atoms with van der Waals surface area (Å²) in [4.78, 5) is 0. The third-order valence-electron chi connectivity index (χ3n) is 1.47. The average molecular weight is 134 g/mol. The molecule has 0 aromatic heterocycles. The van der Waals surface area contributed by atoms with Crippen LogP contribution in [0.25, 0.3) is 0 Å². The lowest BCUT2D eigenvalue weighted by Crippen LogP contribution is -2.49. The van der Waals surface area contributed by atoms with E-state index in [0.717, 1.165) is 0 Å². The predicted molar refractivity (Wildman–Crippen MR) is 33.8 cm³/mol. The summed E-state index contributed by atoms with van der Waals surface area (Å²) in [5, 5.41) is 27.0. The number of hydrogen-bond donors (Lipinski definition) is 3. The van der Waals surface area contributed by atoms with Gasteiger partial charge < -0.3 is 15.3 Å². The Labute approximate surface area is 54.9 Å². The molecule has 9 heavy (non-hydrogen) atoms. The van der Waals surface area contributed by atoms with E-state index in [1.165, 1.54) is 13.8 Å². The van der Waals surface area contributed by atoms with Gasteiger partial charge in [0, 0.05) is 6.42 Å². The molecule has 0 spiro atoms. The first kappa shape index (κ1) is 8.88. The number of rotatable bonds is 2. The molecule has 0 saturated heterocycles. The standard InChI is InChI=1S/C6H14O3/c1-4-6(8,9)5(2,3)7/h7-9H,4H2,1-3H3. The molecular weight excluding hydrogens is 120 g/mol. The highest BCUT2D eigenvalue weighted by Crippen LogP contribution is 2.21. The smallest absolute Gasteiger partial charge is 0.191 e. The Bertz CT molecular complexity index is 91.0. The van der Waals surface area contributed by atoms with Gasteiger partial charge in [0.25, 0.3) is 0 Å². The SMILES string of the molecule is CCC(O)(O)C(C)(C)O. The lowest BCUT2D eigenvalue weighted by Gasteiger charge is -2.32. The lowest BCUT2D eigenvalue weighted by molar-refractivity contribution is -0.263. The van der Waals surface area contributed by atoms with E-state index >= 15 is 0 Å². The zero-order chi connectivity index (χ0) is 7.71. The van der Waals surface area contributed by atoms with E-state index in [1.807, 2.05) is 0 Å². The highest BCUT2D eigenvalue weighted by molar-refractivity contribution is 4.81. The van der Waals surface area contributed by atoms with E-state index in [4.69, 9.17) is 15.3 Å². The fourth-order valence-corrected chi connectivity index (χ4v) is 0.433. The van der Waals surface area contributed by atoms with E-state index in [0.29, 0.717) is 0 Å². The van der Waals surface area contributed by atoms with Crippen molar-refractivity contribution in [2.45, 2.75) is 38.6 Å². The normalized spacial score (nSPS) is 14.0. The zero-order valence-electron chi connectivity index (χ0n) is 6.05. The quantitative estimate of drug-likeness (QED) is 0.460. The van der Waals surface area contributed by atoms with Gasteiger partial charge in [-0.2, -0.15) is 0 Å². The predicted octanol–water partition coefficient (Wildman–Crippen LogP) is -0.152. The minimum atomic E-state index is -1.97. The van der Waals surface area contributed by atoms with Gasteiger partial charge in [-0.25, -0.2) is 0 Å². The maximum Gasteiger partial charge on any atom is 0.191 e. The van der Waals surface area contributed by atoms with Gasteiger partial charge in [0.2, 0.25) is 0 Å². The first-order chi connectivity index (χ1) is 3.81. The molecule has 3 N–H and O–H groups in total. The Morgan fingerprint density at radius 1 is 1.11 bits per heavy atom.